The highest BCUT2D eigenvalue weighted by atomic mass is 15.1. The van der Waals surface area contributed by atoms with Crippen LogP contribution in [-0.2, 0) is 0 Å². The average Bonchev–Trinajstić information content (AvgIpc) is 3.30. The molecular weight excluding hydrogens is 400 g/mol. The molecule has 2 heteroatoms. The number of aromatic nitrogens is 2. The van der Waals surface area contributed by atoms with Gasteiger partial charge < -0.3 is 0 Å². The normalized spacial score (nSPS) is 15.6. The number of benzene rings is 4. The lowest BCUT2D eigenvalue weighted by Crippen LogP contribution is -2.36. The predicted molar refractivity (Wildman–Crippen MR) is 135 cm³/mol. The minimum atomic E-state index is 0.309. The Bertz CT molecular complexity index is 1630. The van der Waals surface area contributed by atoms with Gasteiger partial charge in [0.15, 0.2) is 0 Å². The third-order valence-corrected chi connectivity index (χ3v) is 6.93. The smallest absolute Gasteiger partial charge is 0.145 e. The van der Waals surface area contributed by atoms with Gasteiger partial charge in [0.1, 0.15) is 5.82 Å². The molecule has 0 bridgehead atoms. The molecule has 4 aromatic carbocycles. The maximum Gasteiger partial charge on any atom is 0.145 e. The zero-order valence-electron chi connectivity index (χ0n) is 18.1. The third-order valence-electron chi connectivity index (χ3n) is 6.93. The van der Waals surface area contributed by atoms with Crippen LogP contribution in [0.3, 0.4) is 0 Å². The number of fused-ring (bicyclic) bond motifs is 7. The maximum absolute atomic E-state index is 5.33. The Kier molecular flexibility index (Phi) is 4.00. The van der Waals surface area contributed by atoms with Crippen molar-refractivity contribution in [2.75, 3.05) is 0 Å². The minimum absolute atomic E-state index is 0.309. The van der Waals surface area contributed by atoms with E-state index in [-0.39, 0.29) is 0 Å². The molecule has 1 atom stereocenters. The Balaban J connectivity index is 1.70. The van der Waals surface area contributed by atoms with Crippen molar-refractivity contribution in [2.45, 2.75) is 12.3 Å². The SMILES string of the molecule is C1=c2ccccc2=C2C(C1)c1ccccc1-c1c(-c3ccccc3)nc(-c3ccccc3)n12. The van der Waals surface area contributed by atoms with Crippen LogP contribution in [-0.4, -0.2) is 9.55 Å². The molecule has 2 nitrogen and oxygen atoms in total. The van der Waals surface area contributed by atoms with E-state index in [0.29, 0.717) is 5.92 Å². The van der Waals surface area contributed by atoms with Gasteiger partial charge in [-0.15, -0.1) is 0 Å². The molecule has 33 heavy (non-hydrogen) atoms. The van der Waals surface area contributed by atoms with Crippen molar-refractivity contribution < 1.29 is 0 Å². The standard InChI is InChI=1S/C31H22N2/c1-3-12-22(13-4-1)28-30-26-18-10-9-17-25(26)27-20-19-21-11-7-8-16-24(21)29(27)33(30)31(32-28)23-14-5-2-6-15-23/h1-19,27H,20H2. The van der Waals surface area contributed by atoms with E-state index in [2.05, 4.69) is 120 Å². The molecule has 0 spiro atoms. The van der Waals surface area contributed by atoms with E-state index < -0.39 is 0 Å². The molecule has 0 radical (unpaired) electrons. The number of nitrogens with zero attached hydrogens (tertiary/aromatic N) is 2. The first kappa shape index (κ1) is 18.4. The van der Waals surface area contributed by atoms with Crippen molar-refractivity contribution in [3.05, 3.63) is 125 Å². The fraction of sp³-hybridized carbons (Fsp3) is 0.0645. The maximum atomic E-state index is 5.33. The average molecular weight is 423 g/mol. The highest BCUT2D eigenvalue weighted by molar-refractivity contribution is 5.91. The van der Waals surface area contributed by atoms with Gasteiger partial charge in [-0.05, 0) is 17.2 Å². The molecule has 5 aromatic rings. The van der Waals surface area contributed by atoms with Gasteiger partial charge in [0.25, 0.3) is 0 Å². The van der Waals surface area contributed by atoms with Crippen LogP contribution >= 0.6 is 0 Å². The van der Waals surface area contributed by atoms with Crippen molar-refractivity contribution in [2.24, 2.45) is 0 Å². The molecule has 0 saturated heterocycles. The van der Waals surface area contributed by atoms with Crippen LogP contribution in [0.15, 0.2) is 109 Å². The van der Waals surface area contributed by atoms with Crippen LogP contribution in [0.1, 0.15) is 17.9 Å². The molecule has 0 amide bonds. The van der Waals surface area contributed by atoms with Crippen LogP contribution in [0.5, 0.6) is 0 Å². The van der Waals surface area contributed by atoms with Crippen LogP contribution in [0.4, 0.5) is 0 Å². The molecule has 0 N–H and O–H groups in total. The summed E-state index contributed by atoms with van der Waals surface area (Å²) in [5.41, 5.74) is 8.54. The Labute approximate surface area is 192 Å². The number of imidazole rings is 1. The largest absolute Gasteiger partial charge is 0.294 e. The molecule has 2 heterocycles. The van der Waals surface area contributed by atoms with Crippen molar-refractivity contribution in [3.8, 4) is 33.9 Å². The first-order chi connectivity index (χ1) is 16.4. The Morgan fingerprint density at radius 1 is 0.667 bits per heavy atom. The Hall–Kier alpha value is -4.17. The van der Waals surface area contributed by atoms with E-state index in [1.165, 1.54) is 33.0 Å². The second-order valence-electron chi connectivity index (χ2n) is 8.75. The van der Waals surface area contributed by atoms with Gasteiger partial charge in [-0.3, -0.25) is 4.57 Å². The molecular formula is C31H22N2. The fourth-order valence-corrected chi connectivity index (χ4v) is 5.50. The van der Waals surface area contributed by atoms with E-state index >= 15 is 0 Å². The second kappa shape index (κ2) is 7.18. The van der Waals surface area contributed by atoms with Crippen molar-refractivity contribution in [3.63, 3.8) is 0 Å². The van der Waals surface area contributed by atoms with Gasteiger partial charge in [0.2, 0.25) is 0 Å². The van der Waals surface area contributed by atoms with Crippen LogP contribution in [0.25, 0.3) is 45.7 Å². The van der Waals surface area contributed by atoms with E-state index in [1.807, 2.05) is 0 Å². The molecule has 7 rings (SSSR count). The monoisotopic (exact) mass is 422 g/mol. The van der Waals surface area contributed by atoms with Crippen LogP contribution < -0.4 is 10.4 Å². The van der Waals surface area contributed by atoms with Gasteiger partial charge in [0.05, 0.1) is 11.4 Å². The predicted octanol–water partition coefficient (Wildman–Crippen LogP) is 5.82. The second-order valence-corrected chi connectivity index (χ2v) is 8.75. The summed E-state index contributed by atoms with van der Waals surface area (Å²) in [6, 6.07) is 38.9. The highest BCUT2D eigenvalue weighted by Gasteiger charge is 2.35. The molecule has 1 unspecified atom stereocenters. The molecule has 0 fully saturated rings. The zero-order valence-corrected chi connectivity index (χ0v) is 18.1. The molecule has 1 aliphatic heterocycles. The van der Waals surface area contributed by atoms with Crippen molar-refractivity contribution >= 4 is 11.8 Å². The van der Waals surface area contributed by atoms with E-state index in [1.54, 1.807) is 0 Å². The molecule has 156 valence electrons. The van der Waals surface area contributed by atoms with E-state index in [0.717, 1.165) is 29.1 Å². The van der Waals surface area contributed by atoms with Gasteiger partial charge in [0, 0.05) is 33.5 Å². The van der Waals surface area contributed by atoms with Gasteiger partial charge in [-0.1, -0.05) is 115 Å². The molecule has 1 aromatic heterocycles. The first-order valence-corrected chi connectivity index (χ1v) is 11.5. The minimum Gasteiger partial charge on any atom is -0.294 e. The summed E-state index contributed by atoms with van der Waals surface area (Å²) in [5, 5.41) is 2.61. The third kappa shape index (κ3) is 2.71. The quantitative estimate of drug-likeness (QED) is 0.350. The topological polar surface area (TPSA) is 17.8 Å². The fourth-order valence-electron chi connectivity index (χ4n) is 5.50. The summed E-state index contributed by atoms with van der Waals surface area (Å²) >= 11 is 0. The van der Waals surface area contributed by atoms with Crippen LogP contribution in [0.2, 0.25) is 0 Å². The van der Waals surface area contributed by atoms with Crippen LogP contribution in [0, 0.1) is 0 Å². The summed E-state index contributed by atoms with van der Waals surface area (Å²) in [4.78, 5) is 5.33. The Morgan fingerprint density at radius 2 is 1.33 bits per heavy atom. The Morgan fingerprint density at radius 3 is 2.15 bits per heavy atom. The van der Waals surface area contributed by atoms with Gasteiger partial charge in [-0.2, -0.15) is 0 Å². The lowest BCUT2D eigenvalue weighted by molar-refractivity contribution is 0.809. The summed E-state index contributed by atoms with van der Waals surface area (Å²) in [5.74, 6) is 1.32. The van der Waals surface area contributed by atoms with Crippen molar-refractivity contribution in [1.82, 2.24) is 9.55 Å². The highest BCUT2D eigenvalue weighted by Crippen LogP contribution is 2.49. The zero-order chi connectivity index (χ0) is 21.8. The molecule has 0 saturated carbocycles. The number of hydrogen-bond donors (Lipinski definition) is 0. The summed E-state index contributed by atoms with van der Waals surface area (Å²) in [7, 11) is 0. The van der Waals surface area contributed by atoms with E-state index in [4.69, 9.17) is 4.98 Å². The molecule has 1 aliphatic carbocycles. The number of rotatable bonds is 2. The van der Waals surface area contributed by atoms with Gasteiger partial charge in [-0.25, -0.2) is 4.98 Å². The molecule has 2 aliphatic rings. The summed E-state index contributed by atoms with van der Waals surface area (Å²) in [6.07, 6.45) is 3.39. The number of hydrogen-bond acceptors (Lipinski definition) is 1. The lowest BCUT2D eigenvalue weighted by atomic mass is 9.80. The summed E-state index contributed by atoms with van der Waals surface area (Å²) in [6.45, 7) is 0. The van der Waals surface area contributed by atoms with Crippen molar-refractivity contribution in [1.29, 1.82) is 0 Å². The lowest BCUT2D eigenvalue weighted by Gasteiger charge is -2.33. The first-order valence-electron chi connectivity index (χ1n) is 11.5. The summed E-state index contributed by atoms with van der Waals surface area (Å²) < 4.78 is 2.45. The van der Waals surface area contributed by atoms with E-state index in [9.17, 15) is 0 Å². The van der Waals surface area contributed by atoms with Gasteiger partial charge >= 0.3 is 0 Å².